The lowest BCUT2D eigenvalue weighted by Crippen LogP contribution is -2.04. The van der Waals surface area contributed by atoms with Crippen molar-refractivity contribution >= 4 is 53.3 Å². The average Bonchev–Trinajstić information content (AvgIpc) is 3.65. The van der Waals surface area contributed by atoms with Gasteiger partial charge >= 0.3 is 0 Å². The summed E-state index contributed by atoms with van der Waals surface area (Å²) in [5.41, 5.74) is 8.49. The molecule has 0 amide bonds. The Kier molecular flexibility index (Phi) is 5.68. The van der Waals surface area contributed by atoms with Gasteiger partial charge in [-0.3, -0.25) is 4.57 Å². The Hall–Kier alpha value is -5.58. The van der Waals surface area contributed by atoms with E-state index >= 15 is 0 Å². The fraction of sp³-hybridized carbons (Fsp3) is 0. The van der Waals surface area contributed by atoms with Gasteiger partial charge in [-0.05, 0) is 35.4 Å². The van der Waals surface area contributed by atoms with Crippen LogP contribution in [0.5, 0.6) is 0 Å². The third kappa shape index (κ3) is 3.96. The Balaban J connectivity index is 1.37. The van der Waals surface area contributed by atoms with Gasteiger partial charge in [0.2, 0.25) is 5.95 Å². The molecule has 0 spiro atoms. The number of benzene rings is 6. The minimum atomic E-state index is 0.669. The van der Waals surface area contributed by atoms with Gasteiger partial charge in [0.05, 0.1) is 27.1 Å². The maximum Gasteiger partial charge on any atom is 0.235 e. The Morgan fingerprint density at radius 2 is 1.05 bits per heavy atom. The van der Waals surface area contributed by atoms with E-state index in [1.54, 1.807) is 0 Å². The van der Waals surface area contributed by atoms with Crippen molar-refractivity contribution < 1.29 is 0 Å². The van der Waals surface area contributed by atoms with Crippen molar-refractivity contribution in [2.45, 2.75) is 0 Å². The van der Waals surface area contributed by atoms with Crippen molar-refractivity contribution in [2.75, 3.05) is 0 Å². The molecule has 3 aromatic heterocycles. The van der Waals surface area contributed by atoms with Crippen molar-refractivity contribution in [3.8, 4) is 39.6 Å². The monoisotopic (exact) mass is 579 g/mol. The molecule has 0 atom stereocenters. The van der Waals surface area contributed by atoms with E-state index in [-0.39, 0.29) is 0 Å². The molecule has 0 unspecified atom stereocenters. The first-order valence-electron chi connectivity index (χ1n) is 14.8. The number of para-hydroxylation sites is 1. The predicted molar refractivity (Wildman–Crippen MR) is 186 cm³/mol. The fourth-order valence-corrected chi connectivity index (χ4v) is 7.61. The smallest absolute Gasteiger partial charge is 0.235 e. The molecule has 0 fully saturated rings. The van der Waals surface area contributed by atoms with E-state index in [1.165, 1.54) is 36.5 Å². The van der Waals surface area contributed by atoms with Gasteiger partial charge in [0, 0.05) is 37.4 Å². The molecule has 0 saturated heterocycles. The molecule has 206 valence electrons. The van der Waals surface area contributed by atoms with E-state index in [0.29, 0.717) is 5.95 Å². The molecule has 44 heavy (non-hydrogen) atoms. The number of hydrogen-bond donors (Lipinski definition) is 0. The van der Waals surface area contributed by atoms with E-state index in [1.807, 2.05) is 17.4 Å². The Labute approximate surface area is 258 Å². The van der Waals surface area contributed by atoms with Crippen molar-refractivity contribution in [2.24, 2.45) is 0 Å². The van der Waals surface area contributed by atoms with Crippen LogP contribution in [0.4, 0.5) is 0 Å². The summed E-state index contributed by atoms with van der Waals surface area (Å²) in [6, 6.07) is 53.5. The van der Waals surface area contributed by atoms with Crippen LogP contribution in [-0.2, 0) is 0 Å². The van der Waals surface area contributed by atoms with Crippen molar-refractivity contribution in [3.63, 3.8) is 0 Å². The standard InChI is InChI=1S/C40H25N3S/c1-3-12-26(13-4-1)28-16-11-17-29(24-28)35-25-34(27-14-5-2-6-15-27)41-40(42-35)43-36-20-9-7-18-30(36)32-22-23-33-31-19-8-10-21-37(31)44-39(33)38(32)43/h1-25H. The van der Waals surface area contributed by atoms with Gasteiger partial charge in [-0.15, -0.1) is 11.3 Å². The lowest BCUT2D eigenvalue weighted by Gasteiger charge is -2.13. The Morgan fingerprint density at radius 1 is 0.432 bits per heavy atom. The molecule has 4 heteroatoms. The van der Waals surface area contributed by atoms with Gasteiger partial charge in [0.1, 0.15) is 0 Å². The predicted octanol–water partition coefficient (Wildman–Crippen LogP) is 10.9. The summed E-state index contributed by atoms with van der Waals surface area (Å²) in [4.78, 5) is 10.6. The average molecular weight is 580 g/mol. The molecule has 0 aliphatic rings. The minimum Gasteiger partial charge on any atom is -0.276 e. The third-order valence-corrected chi connectivity index (χ3v) is 9.62. The number of nitrogens with zero attached hydrogens (tertiary/aromatic N) is 3. The summed E-state index contributed by atoms with van der Waals surface area (Å²) in [7, 11) is 0. The quantitative estimate of drug-likeness (QED) is 0.208. The fourth-order valence-electron chi connectivity index (χ4n) is 6.37. The molecule has 6 aromatic carbocycles. The summed E-state index contributed by atoms with van der Waals surface area (Å²) in [5.74, 6) is 0.669. The van der Waals surface area contributed by atoms with Crippen LogP contribution in [0, 0.1) is 0 Å². The minimum absolute atomic E-state index is 0.669. The Bertz CT molecular complexity index is 2490. The molecular formula is C40H25N3S. The van der Waals surface area contributed by atoms with E-state index in [4.69, 9.17) is 9.97 Å². The first kappa shape index (κ1) is 25.0. The van der Waals surface area contributed by atoms with Crippen LogP contribution >= 0.6 is 11.3 Å². The lowest BCUT2D eigenvalue weighted by molar-refractivity contribution is 0.998. The number of aromatic nitrogens is 3. The van der Waals surface area contributed by atoms with Crippen molar-refractivity contribution in [1.82, 2.24) is 14.5 Å². The number of rotatable bonds is 4. The van der Waals surface area contributed by atoms with Crippen LogP contribution in [0.3, 0.4) is 0 Å². The molecule has 0 bridgehead atoms. The highest BCUT2D eigenvalue weighted by Gasteiger charge is 2.20. The van der Waals surface area contributed by atoms with Gasteiger partial charge in [-0.1, -0.05) is 127 Å². The highest BCUT2D eigenvalue weighted by molar-refractivity contribution is 7.26. The van der Waals surface area contributed by atoms with Crippen molar-refractivity contribution in [3.05, 3.63) is 152 Å². The van der Waals surface area contributed by atoms with Gasteiger partial charge in [-0.25, -0.2) is 9.97 Å². The van der Waals surface area contributed by atoms with Crippen molar-refractivity contribution in [1.29, 1.82) is 0 Å². The molecule has 0 saturated carbocycles. The van der Waals surface area contributed by atoms with Crippen LogP contribution in [0.25, 0.3) is 81.6 Å². The molecule has 0 aliphatic carbocycles. The molecule has 0 radical (unpaired) electrons. The topological polar surface area (TPSA) is 30.7 Å². The van der Waals surface area contributed by atoms with E-state index in [9.17, 15) is 0 Å². The van der Waals surface area contributed by atoms with Crippen LogP contribution in [0.15, 0.2) is 152 Å². The summed E-state index contributed by atoms with van der Waals surface area (Å²) < 4.78 is 4.81. The van der Waals surface area contributed by atoms with Crippen LogP contribution in [0.2, 0.25) is 0 Å². The van der Waals surface area contributed by atoms with Gasteiger partial charge < -0.3 is 0 Å². The van der Waals surface area contributed by atoms with E-state index in [2.05, 4.69) is 150 Å². The molecule has 0 aliphatic heterocycles. The highest BCUT2D eigenvalue weighted by atomic mass is 32.1. The largest absolute Gasteiger partial charge is 0.276 e. The summed E-state index contributed by atoms with van der Waals surface area (Å²) >= 11 is 1.84. The second-order valence-corrected chi connectivity index (χ2v) is 12.1. The number of hydrogen-bond acceptors (Lipinski definition) is 3. The SMILES string of the molecule is c1ccc(-c2cccc(-c3cc(-c4ccccc4)nc(-n4c5ccccc5c5ccc6c7ccccc7sc6c54)n3)c2)cc1. The van der Waals surface area contributed by atoms with Crippen LogP contribution < -0.4 is 0 Å². The highest BCUT2D eigenvalue weighted by Crippen LogP contribution is 2.43. The molecule has 3 nitrogen and oxygen atoms in total. The molecule has 3 heterocycles. The normalized spacial score (nSPS) is 11.6. The van der Waals surface area contributed by atoms with Crippen LogP contribution in [-0.4, -0.2) is 14.5 Å². The third-order valence-electron chi connectivity index (χ3n) is 8.43. The second kappa shape index (κ2) is 10.0. The van der Waals surface area contributed by atoms with E-state index < -0.39 is 0 Å². The maximum absolute atomic E-state index is 5.32. The zero-order valence-electron chi connectivity index (χ0n) is 23.7. The second-order valence-electron chi connectivity index (χ2n) is 11.0. The molecule has 9 aromatic rings. The molecular weight excluding hydrogens is 555 g/mol. The van der Waals surface area contributed by atoms with Gasteiger partial charge in [-0.2, -0.15) is 0 Å². The number of fused-ring (bicyclic) bond motifs is 7. The van der Waals surface area contributed by atoms with Crippen LogP contribution in [0.1, 0.15) is 0 Å². The first-order valence-corrected chi connectivity index (χ1v) is 15.6. The van der Waals surface area contributed by atoms with Gasteiger partial charge in [0.25, 0.3) is 0 Å². The summed E-state index contributed by atoms with van der Waals surface area (Å²) in [6.07, 6.45) is 0. The zero-order valence-corrected chi connectivity index (χ0v) is 24.5. The van der Waals surface area contributed by atoms with E-state index in [0.717, 1.165) is 39.1 Å². The molecule has 0 N–H and O–H groups in total. The molecule has 9 rings (SSSR count). The first-order chi connectivity index (χ1) is 21.8. The van der Waals surface area contributed by atoms with Gasteiger partial charge in [0.15, 0.2) is 0 Å². The Morgan fingerprint density at radius 3 is 1.86 bits per heavy atom. The summed E-state index contributed by atoms with van der Waals surface area (Å²) in [6.45, 7) is 0. The lowest BCUT2D eigenvalue weighted by atomic mass is 10.0. The zero-order chi connectivity index (χ0) is 29.0. The maximum atomic E-state index is 5.32. The summed E-state index contributed by atoms with van der Waals surface area (Å²) in [5, 5.41) is 4.95. The number of thiophene rings is 1.